The predicted molar refractivity (Wildman–Crippen MR) is 76.0 cm³/mol. The van der Waals surface area contributed by atoms with E-state index in [1.54, 1.807) is 13.1 Å². The number of carbonyl (C=O) groups excluding carboxylic acids is 1. The van der Waals surface area contributed by atoms with Gasteiger partial charge in [-0.1, -0.05) is 6.07 Å². The van der Waals surface area contributed by atoms with Crippen molar-refractivity contribution in [1.29, 1.82) is 0 Å². The molecule has 1 fully saturated rings. The number of rotatable bonds is 4. The third kappa shape index (κ3) is 2.88. The Balaban J connectivity index is 2.21. The number of likely N-dealkylation sites (tertiary alicyclic amines) is 1. The summed E-state index contributed by atoms with van der Waals surface area (Å²) >= 11 is 0. The number of carbonyl (C=O) groups is 1. The molecule has 0 aromatic heterocycles. The van der Waals surface area contributed by atoms with E-state index >= 15 is 0 Å². The highest BCUT2D eigenvalue weighted by molar-refractivity contribution is 6.01. The monoisotopic (exact) mass is 278 g/mol. The maximum Gasteiger partial charge on any atom is 0.293 e. The molecule has 20 heavy (non-hydrogen) atoms. The van der Waals surface area contributed by atoms with Crippen molar-refractivity contribution in [2.24, 2.45) is 0 Å². The van der Waals surface area contributed by atoms with Crippen LogP contribution in [0.5, 0.6) is 0 Å². The summed E-state index contributed by atoms with van der Waals surface area (Å²) in [6.45, 7) is 1.74. The Kier molecular flexibility index (Phi) is 4.19. The normalized spacial score (nSPS) is 18.8. The molecule has 0 aliphatic carbocycles. The Hall–Kier alpha value is -2.15. The number of amides is 1. The van der Waals surface area contributed by atoms with E-state index < -0.39 is 4.92 Å². The molecule has 1 aromatic rings. The van der Waals surface area contributed by atoms with Crippen LogP contribution in [0.4, 0.5) is 11.4 Å². The van der Waals surface area contributed by atoms with Crippen LogP contribution in [-0.2, 0) is 0 Å². The molecule has 0 saturated carbocycles. The second-order valence-corrected chi connectivity index (χ2v) is 4.93. The number of para-hydroxylation sites is 1. The van der Waals surface area contributed by atoms with Gasteiger partial charge in [0, 0.05) is 25.7 Å². The molecule has 0 spiro atoms. The lowest BCUT2D eigenvalue weighted by molar-refractivity contribution is -0.384. The lowest BCUT2D eigenvalue weighted by Crippen LogP contribution is -2.36. The number of likely N-dealkylation sites (N-methyl/N-ethyl adjacent to an activating group) is 1. The number of nitro benzene ring substituents is 1. The van der Waals surface area contributed by atoms with Crippen molar-refractivity contribution in [3.8, 4) is 0 Å². The van der Waals surface area contributed by atoms with E-state index in [-0.39, 0.29) is 23.3 Å². The summed E-state index contributed by atoms with van der Waals surface area (Å²) in [5.74, 6) is -0.279. The van der Waals surface area contributed by atoms with Crippen molar-refractivity contribution in [1.82, 2.24) is 10.2 Å². The Labute approximate surface area is 117 Å². The number of nitrogens with zero attached hydrogens (tertiary/aromatic N) is 2. The van der Waals surface area contributed by atoms with E-state index in [0.29, 0.717) is 5.56 Å². The Morgan fingerprint density at radius 1 is 1.50 bits per heavy atom. The van der Waals surface area contributed by atoms with Crippen molar-refractivity contribution in [3.63, 3.8) is 0 Å². The summed E-state index contributed by atoms with van der Waals surface area (Å²) in [5.41, 5.74) is 0.460. The van der Waals surface area contributed by atoms with Gasteiger partial charge in [0.05, 0.1) is 10.5 Å². The minimum atomic E-state index is -0.494. The number of nitro groups is 1. The second kappa shape index (κ2) is 5.87. The van der Waals surface area contributed by atoms with Crippen LogP contribution in [0.2, 0.25) is 0 Å². The zero-order chi connectivity index (χ0) is 14.7. The number of hydrogen-bond donors (Lipinski definition) is 2. The van der Waals surface area contributed by atoms with Gasteiger partial charge in [-0.2, -0.15) is 0 Å². The van der Waals surface area contributed by atoms with Crippen LogP contribution in [-0.4, -0.2) is 49.0 Å². The highest BCUT2D eigenvalue weighted by Crippen LogP contribution is 2.27. The second-order valence-electron chi connectivity index (χ2n) is 4.93. The average Bonchev–Trinajstić information content (AvgIpc) is 2.82. The molecule has 1 atom stereocenters. The van der Waals surface area contributed by atoms with Gasteiger partial charge in [-0.3, -0.25) is 14.9 Å². The van der Waals surface area contributed by atoms with Crippen molar-refractivity contribution in [2.75, 3.05) is 32.5 Å². The molecule has 1 saturated heterocycles. The zero-order valence-electron chi connectivity index (χ0n) is 11.5. The van der Waals surface area contributed by atoms with Gasteiger partial charge in [-0.25, -0.2) is 0 Å². The smallest absolute Gasteiger partial charge is 0.293 e. The Morgan fingerprint density at radius 2 is 2.25 bits per heavy atom. The van der Waals surface area contributed by atoms with Crippen molar-refractivity contribution < 1.29 is 9.72 Å². The molecule has 0 bridgehead atoms. The summed E-state index contributed by atoms with van der Waals surface area (Å²) in [6.07, 6.45) is 0.895. The van der Waals surface area contributed by atoms with Gasteiger partial charge in [0.1, 0.15) is 5.69 Å². The van der Waals surface area contributed by atoms with E-state index in [2.05, 4.69) is 15.5 Å². The minimum absolute atomic E-state index is 0.0938. The lowest BCUT2D eigenvalue weighted by Gasteiger charge is -2.14. The molecule has 2 rings (SSSR count). The molecule has 0 radical (unpaired) electrons. The van der Waals surface area contributed by atoms with Gasteiger partial charge in [-0.15, -0.1) is 0 Å². The largest absolute Gasteiger partial charge is 0.382 e. The molecule has 1 aliphatic rings. The lowest BCUT2D eigenvalue weighted by atomic mass is 10.1. The summed E-state index contributed by atoms with van der Waals surface area (Å²) in [6, 6.07) is 4.59. The first-order valence-corrected chi connectivity index (χ1v) is 6.47. The third-order valence-electron chi connectivity index (χ3n) is 3.46. The standard InChI is InChI=1S/C13H18N4O3/c1-14-12-10(4-3-5-11(12)17(19)20)13(18)15-9-6-7-16(2)8-9/h3-5,9,14H,6-8H2,1-2H3,(H,15,18). The molecule has 7 nitrogen and oxygen atoms in total. The SMILES string of the molecule is CNc1c(C(=O)NC2CCN(C)C2)cccc1[N+](=O)[O-]. The van der Waals surface area contributed by atoms with Gasteiger partial charge in [0.2, 0.25) is 0 Å². The predicted octanol–water partition coefficient (Wildman–Crippen LogP) is 1.07. The number of anilines is 1. The van der Waals surface area contributed by atoms with Crippen LogP contribution in [0, 0.1) is 10.1 Å². The minimum Gasteiger partial charge on any atom is -0.382 e. The molecule has 1 unspecified atom stereocenters. The molecule has 1 heterocycles. The van der Waals surface area contributed by atoms with E-state index in [0.717, 1.165) is 19.5 Å². The highest BCUT2D eigenvalue weighted by Gasteiger charge is 2.25. The number of benzene rings is 1. The Morgan fingerprint density at radius 3 is 2.80 bits per heavy atom. The van der Waals surface area contributed by atoms with Crippen molar-refractivity contribution >= 4 is 17.3 Å². The maximum absolute atomic E-state index is 12.3. The summed E-state index contributed by atoms with van der Waals surface area (Å²) < 4.78 is 0. The Bertz CT molecular complexity index is 532. The average molecular weight is 278 g/mol. The molecule has 7 heteroatoms. The van der Waals surface area contributed by atoms with Gasteiger partial charge in [0.25, 0.3) is 11.6 Å². The summed E-state index contributed by atoms with van der Waals surface area (Å²) in [7, 11) is 3.57. The summed E-state index contributed by atoms with van der Waals surface area (Å²) in [5, 5.41) is 16.6. The molecular formula is C13H18N4O3. The first-order valence-electron chi connectivity index (χ1n) is 6.47. The van der Waals surface area contributed by atoms with Crippen LogP contribution in [0.1, 0.15) is 16.8 Å². The van der Waals surface area contributed by atoms with Crippen LogP contribution < -0.4 is 10.6 Å². The first kappa shape index (κ1) is 14.3. The molecule has 2 N–H and O–H groups in total. The molecule has 1 aromatic carbocycles. The van der Waals surface area contributed by atoms with E-state index in [4.69, 9.17) is 0 Å². The third-order valence-corrected chi connectivity index (χ3v) is 3.46. The molecule has 1 amide bonds. The number of hydrogen-bond acceptors (Lipinski definition) is 5. The molecule has 108 valence electrons. The zero-order valence-corrected chi connectivity index (χ0v) is 11.5. The highest BCUT2D eigenvalue weighted by atomic mass is 16.6. The van der Waals surface area contributed by atoms with Gasteiger partial charge < -0.3 is 15.5 Å². The molecular weight excluding hydrogens is 260 g/mol. The fourth-order valence-electron chi connectivity index (χ4n) is 2.46. The topological polar surface area (TPSA) is 87.5 Å². The van der Waals surface area contributed by atoms with Crippen molar-refractivity contribution in [2.45, 2.75) is 12.5 Å². The fourth-order valence-corrected chi connectivity index (χ4v) is 2.46. The first-order chi connectivity index (χ1) is 9.52. The van der Waals surface area contributed by atoms with Crippen LogP contribution in [0.15, 0.2) is 18.2 Å². The van der Waals surface area contributed by atoms with Gasteiger partial charge in [-0.05, 0) is 26.1 Å². The number of nitrogens with one attached hydrogen (secondary N) is 2. The van der Waals surface area contributed by atoms with Gasteiger partial charge in [0.15, 0.2) is 0 Å². The quantitative estimate of drug-likeness (QED) is 0.635. The molecule has 1 aliphatic heterocycles. The van der Waals surface area contributed by atoms with Gasteiger partial charge >= 0.3 is 0 Å². The van der Waals surface area contributed by atoms with E-state index in [1.165, 1.54) is 12.1 Å². The fraction of sp³-hybridized carbons (Fsp3) is 0.462. The van der Waals surface area contributed by atoms with Crippen LogP contribution in [0.3, 0.4) is 0 Å². The van der Waals surface area contributed by atoms with Crippen molar-refractivity contribution in [3.05, 3.63) is 33.9 Å². The maximum atomic E-state index is 12.3. The van der Waals surface area contributed by atoms with E-state index in [9.17, 15) is 14.9 Å². The van der Waals surface area contributed by atoms with Crippen LogP contribution >= 0.6 is 0 Å². The van der Waals surface area contributed by atoms with E-state index in [1.807, 2.05) is 7.05 Å². The summed E-state index contributed by atoms with van der Waals surface area (Å²) in [4.78, 5) is 24.9. The van der Waals surface area contributed by atoms with Crippen LogP contribution in [0.25, 0.3) is 0 Å².